The third kappa shape index (κ3) is 4.10. The van der Waals surface area contributed by atoms with E-state index in [0.29, 0.717) is 18.2 Å². The van der Waals surface area contributed by atoms with E-state index < -0.39 is 11.7 Å². The van der Waals surface area contributed by atoms with Gasteiger partial charge in [0.15, 0.2) is 0 Å². The van der Waals surface area contributed by atoms with Crippen molar-refractivity contribution in [3.05, 3.63) is 29.3 Å². The van der Waals surface area contributed by atoms with Crippen molar-refractivity contribution in [2.24, 2.45) is 11.7 Å². The van der Waals surface area contributed by atoms with E-state index in [2.05, 4.69) is 13.8 Å². The summed E-state index contributed by atoms with van der Waals surface area (Å²) < 4.78 is 38.7. The molecule has 0 aromatic heterocycles. The average Bonchev–Trinajstić information content (AvgIpc) is 2.33. The van der Waals surface area contributed by atoms with Crippen LogP contribution in [-0.4, -0.2) is 18.1 Å². The van der Waals surface area contributed by atoms with Crippen LogP contribution in [0.15, 0.2) is 18.2 Å². The Morgan fingerprint density at radius 3 is 2.35 bits per heavy atom. The third-order valence-electron chi connectivity index (χ3n) is 2.91. The minimum absolute atomic E-state index is 0.118. The first-order valence-electron chi connectivity index (χ1n) is 6.42. The molecule has 2 nitrogen and oxygen atoms in total. The molecule has 2 N–H and O–H groups in total. The molecule has 0 atom stereocenters. The van der Waals surface area contributed by atoms with Crippen LogP contribution in [0.1, 0.15) is 31.9 Å². The summed E-state index contributed by atoms with van der Waals surface area (Å²) in [6.07, 6.45) is -4.45. The first-order chi connectivity index (χ1) is 9.16. The van der Waals surface area contributed by atoms with Crippen molar-refractivity contribution < 1.29 is 13.2 Å². The molecule has 0 amide bonds. The van der Waals surface area contributed by atoms with Crippen LogP contribution in [0, 0.1) is 5.92 Å². The summed E-state index contributed by atoms with van der Waals surface area (Å²) in [5, 5.41) is 0. The number of nitrogens with zero attached hydrogens (tertiary/aromatic N) is 1. The van der Waals surface area contributed by atoms with Crippen molar-refractivity contribution in [2.75, 3.05) is 18.0 Å². The van der Waals surface area contributed by atoms with Crippen molar-refractivity contribution in [1.82, 2.24) is 0 Å². The molecule has 0 heterocycles. The van der Waals surface area contributed by atoms with Crippen molar-refractivity contribution in [3.8, 4) is 0 Å². The highest BCUT2D eigenvalue weighted by Gasteiger charge is 2.34. The molecule has 20 heavy (non-hydrogen) atoms. The number of rotatable bonds is 5. The molecular formula is C14H19F3N2S. The lowest BCUT2D eigenvalue weighted by molar-refractivity contribution is -0.137. The van der Waals surface area contributed by atoms with Crippen molar-refractivity contribution >= 4 is 22.9 Å². The Hall–Kier alpha value is -1.30. The van der Waals surface area contributed by atoms with Crippen LogP contribution in [0.4, 0.5) is 18.9 Å². The molecule has 1 aromatic rings. The summed E-state index contributed by atoms with van der Waals surface area (Å²) >= 11 is 4.75. The minimum Gasteiger partial charge on any atom is -0.389 e. The molecule has 0 spiro atoms. The molecule has 0 unspecified atom stereocenters. The van der Waals surface area contributed by atoms with Gasteiger partial charge in [-0.3, -0.25) is 0 Å². The highest BCUT2D eigenvalue weighted by molar-refractivity contribution is 7.80. The highest BCUT2D eigenvalue weighted by Crippen LogP contribution is 2.34. The lowest BCUT2D eigenvalue weighted by atomic mass is 10.0. The van der Waals surface area contributed by atoms with E-state index in [1.807, 2.05) is 11.8 Å². The number of nitrogens with two attached hydrogens (primary N) is 1. The van der Waals surface area contributed by atoms with Gasteiger partial charge in [-0.2, -0.15) is 13.2 Å². The maximum atomic E-state index is 12.9. The molecule has 0 radical (unpaired) electrons. The van der Waals surface area contributed by atoms with Crippen molar-refractivity contribution in [2.45, 2.75) is 26.9 Å². The zero-order valence-corrected chi connectivity index (χ0v) is 12.6. The number of halogens is 3. The van der Waals surface area contributed by atoms with Gasteiger partial charge in [0, 0.05) is 24.3 Å². The molecule has 0 aliphatic heterocycles. The highest BCUT2D eigenvalue weighted by atomic mass is 32.1. The largest absolute Gasteiger partial charge is 0.417 e. The molecule has 1 rings (SSSR count). The number of alkyl halides is 3. The van der Waals surface area contributed by atoms with Gasteiger partial charge in [0.05, 0.1) is 5.56 Å². The second-order valence-electron chi connectivity index (χ2n) is 5.02. The Bertz CT molecular complexity index is 484. The summed E-state index contributed by atoms with van der Waals surface area (Å²) in [5.74, 6) is 0.408. The van der Waals surface area contributed by atoms with Crippen LogP contribution in [-0.2, 0) is 6.18 Å². The Morgan fingerprint density at radius 2 is 1.95 bits per heavy atom. The van der Waals surface area contributed by atoms with E-state index in [1.165, 1.54) is 12.1 Å². The number of anilines is 1. The van der Waals surface area contributed by atoms with Crippen molar-refractivity contribution in [1.29, 1.82) is 0 Å². The van der Waals surface area contributed by atoms with Crippen LogP contribution in [0.2, 0.25) is 0 Å². The number of hydrogen-bond donors (Lipinski definition) is 1. The number of hydrogen-bond acceptors (Lipinski definition) is 2. The van der Waals surface area contributed by atoms with Crippen LogP contribution >= 0.6 is 12.2 Å². The van der Waals surface area contributed by atoms with Crippen LogP contribution in [0.3, 0.4) is 0 Å². The molecule has 0 fully saturated rings. The average molecular weight is 304 g/mol. The Morgan fingerprint density at radius 1 is 1.35 bits per heavy atom. The maximum Gasteiger partial charge on any atom is 0.417 e. The zero-order chi connectivity index (χ0) is 15.5. The first-order valence-corrected chi connectivity index (χ1v) is 6.83. The summed E-state index contributed by atoms with van der Waals surface area (Å²) in [5.41, 5.74) is 5.24. The zero-order valence-electron chi connectivity index (χ0n) is 11.8. The van der Waals surface area contributed by atoms with Gasteiger partial charge < -0.3 is 10.6 Å². The Balaban J connectivity index is 3.25. The predicted octanol–water partition coefficient (Wildman–Crippen LogP) is 3.82. The van der Waals surface area contributed by atoms with Gasteiger partial charge in [-0.25, -0.2) is 0 Å². The maximum absolute atomic E-state index is 12.9. The standard InChI is InChI=1S/C14H19F3N2S/c1-4-19(8-9(2)3)10-5-6-12(14(15,16)17)11(7-10)13(18)20/h5-7,9H,4,8H2,1-3H3,(H2,18,20). The van der Waals surface area contributed by atoms with Crippen LogP contribution < -0.4 is 10.6 Å². The fourth-order valence-electron chi connectivity index (χ4n) is 2.04. The van der Waals surface area contributed by atoms with Crippen LogP contribution in [0.5, 0.6) is 0 Å². The van der Waals surface area contributed by atoms with E-state index in [0.717, 1.165) is 12.6 Å². The third-order valence-corrected chi connectivity index (χ3v) is 3.13. The molecule has 1 aromatic carbocycles. The molecule has 112 valence electrons. The molecule has 0 saturated heterocycles. The summed E-state index contributed by atoms with van der Waals surface area (Å²) in [7, 11) is 0. The van der Waals surface area contributed by atoms with Gasteiger partial charge in [0.25, 0.3) is 0 Å². The van der Waals surface area contributed by atoms with Gasteiger partial charge in [-0.15, -0.1) is 0 Å². The second-order valence-corrected chi connectivity index (χ2v) is 5.46. The topological polar surface area (TPSA) is 29.3 Å². The molecule has 0 saturated carbocycles. The molecule has 0 bridgehead atoms. The SMILES string of the molecule is CCN(CC(C)C)c1ccc(C(F)(F)F)c(C(N)=S)c1. The quantitative estimate of drug-likeness (QED) is 0.839. The second kappa shape index (κ2) is 6.43. The molecule has 6 heteroatoms. The Labute approximate surface area is 122 Å². The molecular weight excluding hydrogens is 285 g/mol. The first kappa shape index (κ1) is 16.8. The van der Waals surface area contributed by atoms with Gasteiger partial charge >= 0.3 is 6.18 Å². The van der Waals surface area contributed by atoms with Gasteiger partial charge in [-0.1, -0.05) is 26.1 Å². The fourth-order valence-corrected chi connectivity index (χ4v) is 2.21. The van der Waals surface area contributed by atoms with Crippen LogP contribution in [0.25, 0.3) is 0 Å². The van der Waals surface area contributed by atoms with Crippen molar-refractivity contribution in [3.63, 3.8) is 0 Å². The smallest absolute Gasteiger partial charge is 0.389 e. The predicted molar refractivity (Wildman–Crippen MR) is 80.1 cm³/mol. The Kier molecular flexibility index (Phi) is 5.39. The van der Waals surface area contributed by atoms with Gasteiger partial charge in [0.1, 0.15) is 4.99 Å². The van der Waals surface area contributed by atoms with E-state index >= 15 is 0 Å². The molecule has 0 aliphatic carbocycles. The normalized spacial score (nSPS) is 11.8. The lowest BCUT2D eigenvalue weighted by Gasteiger charge is -2.26. The van der Waals surface area contributed by atoms with Gasteiger partial charge in [0.2, 0.25) is 0 Å². The van der Waals surface area contributed by atoms with E-state index in [-0.39, 0.29) is 10.6 Å². The summed E-state index contributed by atoms with van der Waals surface area (Å²) in [4.78, 5) is 1.77. The van der Waals surface area contributed by atoms with E-state index in [4.69, 9.17) is 18.0 Å². The minimum atomic E-state index is -4.45. The fraction of sp³-hybridized carbons (Fsp3) is 0.500. The van der Waals surface area contributed by atoms with E-state index in [9.17, 15) is 13.2 Å². The summed E-state index contributed by atoms with van der Waals surface area (Å²) in [6.45, 7) is 7.54. The van der Waals surface area contributed by atoms with E-state index in [1.54, 1.807) is 0 Å². The number of thiocarbonyl (C=S) groups is 1. The molecule has 0 aliphatic rings. The number of benzene rings is 1. The summed E-state index contributed by atoms with van der Waals surface area (Å²) in [6, 6.07) is 3.94. The lowest BCUT2D eigenvalue weighted by Crippen LogP contribution is -2.28. The monoisotopic (exact) mass is 304 g/mol. The van der Waals surface area contributed by atoms with Gasteiger partial charge in [-0.05, 0) is 31.0 Å².